The Balaban J connectivity index is 1.55. The minimum absolute atomic E-state index is 0.0939. The average molecular weight is 279 g/mol. The number of nitrogens with one attached hydrogen (secondary N) is 1. The van der Waals surface area contributed by atoms with Crippen molar-refractivity contribution in [1.82, 2.24) is 14.9 Å². The molecule has 5 nitrogen and oxygen atoms in total. The van der Waals surface area contributed by atoms with E-state index in [-0.39, 0.29) is 5.60 Å². The maximum atomic E-state index is 6.22. The summed E-state index contributed by atoms with van der Waals surface area (Å²) in [5.41, 5.74) is 1.28. The number of imidazole rings is 1. The van der Waals surface area contributed by atoms with Crippen molar-refractivity contribution < 1.29 is 9.47 Å². The van der Waals surface area contributed by atoms with Crippen LogP contribution in [0.5, 0.6) is 0 Å². The third kappa shape index (κ3) is 3.22. The normalized spacial score (nSPS) is 31.1. The van der Waals surface area contributed by atoms with Gasteiger partial charge < -0.3 is 14.5 Å². The average Bonchev–Trinajstić information content (AvgIpc) is 3.07. The lowest BCUT2D eigenvalue weighted by molar-refractivity contribution is -0.0538. The van der Waals surface area contributed by atoms with E-state index >= 15 is 0 Å². The highest BCUT2D eigenvalue weighted by Crippen LogP contribution is 2.38. The fourth-order valence-electron chi connectivity index (χ4n) is 3.63. The highest BCUT2D eigenvalue weighted by Gasteiger charge is 2.43. The van der Waals surface area contributed by atoms with Gasteiger partial charge in [-0.05, 0) is 38.1 Å². The molecule has 1 spiro atoms. The summed E-state index contributed by atoms with van der Waals surface area (Å²) in [6, 6.07) is 0. The summed E-state index contributed by atoms with van der Waals surface area (Å²) in [4.78, 5) is 9.78. The van der Waals surface area contributed by atoms with Gasteiger partial charge in [-0.3, -0.25) is 4.90 Å². The molecule has 2 saturated heterocycles. The van der Waals surface area contributed by atoms with Crippen LogP contribution in [0.2, 0.25) is 0 Å². The largest absolute Gasteiger partial charge is 0.385 e. The van der Waals surface area contributed by atoms with Gasteiger partial charge in [0.15, 0.2) is 0 Å². The van der Waals surface area contributed by atoms with E-state index in [2.05, 4.69) is 14.9 Å². The number of aromatic amines is 1. The smallest absolute Gasteiger partial charge is 0.0922 e. The standard InChI is InChI=1S/C15H25N3O2/c1-19-6-3-13-7-15(20-10-13)4-2-5-18(11-15)9-14-8-16-12-17-14/h8,12-13H,2-7,9-11H2,1H3,(H,16,17)/t13-,15+/m0/s1. The number of methoxy groups -OCH3 is 1. The lowest BCUT2D eigenvalue weighted by atomic mass is 9.85. The van der Waals surface area contributed by atoms with E-state index in [1.807, 2.05) is 6.20 Å². The second kappa shape index (κ2) is 6.24. The van der Waals surface area contributed by atoms with E-state index in [0.29, 0.717) is 5.92 Å². The Bertz CT molecular complexity index is 409. The van der Waals surface area contributed by atoms with Gasteiger partial charge in [0.2, 0.25) is 0 Å². The maximum absolute atomic E-state index is 6.22. The molecule has 5 heteroatoms. The van der Waals surface area contributed by atoms with Crippen LogP contribution in [0.25, 0.3) is 0 Å². The number of nitrogens with zero attached hydrogens (tertiary/aromatic N) is 2. The molecule has 3 heterocycles. The van der Waals surface area contributed by atoms with Crippen LogP contribution < -0.4 is 0 Å². The lowest BCUT2D eigenvalue weighted by Gasteiger charge is -2.39. The number of hydrogen-bond acceptors (Lipinski definition) is 4. The van der Waals surface area contributed by atoms with Crippen LogP contribution in [0, 0.1) is 5.92 Å². The molecule has 1 aromatic rings. The minimum Gasteiger partial charge on any atom is -0.385 e. The molecule has 0 aliphatic carbocycles. The van der Waals surface area contributed by atoms with Gasteiger partial charge in [0.25, 0.3) is 0 Å². The van der Waals surface area contributed by atoms with Crippen LogP contribution >= 0.6 is 0 Å². The second-order valence-electron chi connectivity index (χ2n) is 6.24. The van der Waals surface area contributed by atoms with Gasteiger partial charge in [-0.15, -0.1) is 0 Å². The minimum atomic E-state index is 0.0939. The molecule has 0 aromatic carbocycles. The van der Waals surface area contributed by atoms with Crippen LogP contribution in [-0.4, -0.2) is 53.9 Å². The summed E-state index contributed by atoms with van der Waals surface area (Å²) < 4.78 is 11.4. The Morgan fingerprint density at radius 3 is 3.35 bits per heavy atom. The first-order chi connectivity index (χ1) is 9.80. The topological polar surface area (TPSA) is 50.4 Å². The van der Waals surface area contributed by atoms with Gasteiger partial charge in [0.1, 0.15) is 0 Å². The predicted octanol–water partition coefficient (Wildman–Crippen LogP) is 1.82. The van der Waals surface area contributed by atoms with Crippen molar-refractivity contribution in [3.8, 4) is 0 Å². The van der Waals surface area contributed by atoms with Crippen LogP contribution in [-0.2, 0) is 16.0 Å². The Kier molecular flexibility index (Phi) is 4.38. The van der Waals surface area contributed by atoms with Crippen molar-refractivity contribution in [2.24, 2.45) is 5.92 Å². The van der Waals surface area contributed by atoms with Crippen LogP contribution in [0.1, 0.15) is 31.4 Å². The van der Waals surface area contributed by atoms with Gasteiger partial charge >= 0.3 is 0 Å². The van der Waals surface area contributed by atoms with Crippen LogP contribution in [0.3, 0.4) is 0 Å². The molecule has 2 aliphatic rings. The molecule has 20 heavy (non-hydrogen) atoms. The molecule has 0 saturated carbocycles. The van der Waals surface area contributed by atoms with Gasteiger partial charge in [0, 0.05) is 38.7 Å². The van der Waals surface area contributed by atoms with Gasteiger partial charge in [0.05, 0.1) is 18.5 Å². The summed E-state index contributed by atoms with van der Waals surface area (Å²) in [7, 11) is 1.78. The molecule has 0 bridgehead atoms. The highest BCUT2D eigenvalue weighted by atomic mass is 16.5. The van der Waals surface area contributed by atoms with E-state index < -0.39 is 0 Å². The number of aromatic nitrogens is 2. The zero-order valence-electron chi connectivity index (χ0n) is 12.3. The van der Waals surface area contributed by atoms with Crippen molar-refractivity contribution >= 4 is 0 Å². The molecular formula is C15H25N3O2. The SMILES string of the molecule is COCC[C@@H]1CO[C@]2(CCCN(Cc3cnc[nH]3)C2)C1. The highest BCUT2D eigenvalue weighted by molar-refractivity contribution is 4.99. The molecule has 112 valence electrons. The predicted molar refractivity (Wildman–Crippen MR) is 76.4 cm³/mol. The zero-order valence-corrected chi connectivity index (χ0v) is 12.3. The monoisotopic (exact) mass is 279 g/mol. The number of ether oxygens (including phenoxy) is 2. The van der Waals surface area contributed by atoms with Crippen molar-refractivity contribution in [2.45, 2.75) is 37.8 Å². The number of likely N-dealkylation sites (tertiary alicyclic amines) is 1. The fraction of sp³-hybridized carbons (Fsp3) is 0.800. The van der Waals surface area contributed by atoms with E-state index in [4.69, 9.17) is 9.47 Å². The van der Waals surface area contributed by atoms with Crippen molar-refractivity contribution in [3.63, 3.8) is 0 Å². The van der Waals surface area contributed by atoms with Crippen LogP contribution in [0.4, 0.5) is 0 Å². The molecule has 2 aliphatic heterocycles. The summed E-state index contributed by atoms with van der Waals surface area (Å²) in [6.07, 6.45) is 8.41. The summed E-state index contributed by atoms with van der Waals surface area (Å²) in [5, 5.41) is 0. The Morgan fingerprint density at radius 2 is 2.55 bits per heavy atom. The quantitative estimate of drug-likeness (QED) is 0.893. The van der Waals surface area contributed by atoms with Crippen molar-refractivity contribution in [1.29, 1.82) is 0 Å². The maximum Gasteiger partial charge on any atom is 0.0922 e. The van der Waals surface area contributed by atoms with E-state index in [1.54, 1.807) is 13.4 Å². The lowest BCUT2D eigenvalue weighted by Crippen LogP contribution is -2.47. The Morgan fingerprint density at radius 1 is 1.60 bits per heavy atom. The van der Waals surface area contributed by atoms with Crippen molar-refractivity contribution in [3.05, 3.63) is 18.2 Å². The van der Waals surface area contributed by atoms with Crippen molar-refractivity contribution in [2.75, 3.05) is 33.4 Å². The first kappa shape index (κ1) is 14.0. The number of piperidine rings is 1. The first-order valence-corrected chi connectivity index (χ1v) is 7.62. The molecule has 3 rings (SSSR count). The first-order valence-electron chi connectivity index (χ1n) is 7.62. The third-order valence-corrected chi connectivity index (χ3v) is 4.58. The number of hydrogen-bond donors (Lipinski definition) is 1. The summed E-state index contributed by atoms with van der Waals surface area (Å²) >= 11 is 0. The number of rotatable bonds is 5. The Labute approximate surface area is 120 Å². The zero-order chi connectivity index (χ0) is 13.8. The number of H-pyrrole nitrogens is 1. The van der Waals surface area contributed by atoms with Crippen LogP contribution in [0.15, 0.2) is 12.5 Å². The molecule has 1 aromatic heterocycles. The molecular weight excluding hydrogens is 254 g/mol. The van der Waals surface area contributed by atoms with E-state index in [9.17, 15) is 0 Å². The summed E-state index contributed by atoms with van der Waals surface area (Å²) in [5.74, 6) is 0.669. The van der Waals surface area contributed by atoms with Gasteiger partial charge in [-0.2, -0.15) is 0 Å². The molecule has 1 N–H and O–H groups in total. The Hall–Kier alpha value is -0.910. The van der Waals surface area contributed by atoms with Gasteiger partial charge in [-0.25, -0.2) is 4.98 Å². The molecule has 0 unspecified atom stereocenters. The molecule has 2 atom stereocenters. The third-order valence-electron chi connectivity index (χ3n) is 4.58. The fourth-order valence-corrected chi connectivity index (χ4v) is 3.63. The molecule has 2 fully saturated rings. The van der Waals surface area contributed by atoms with Gasteiger partial charge in [-0.1, -0.05) is 0 Å². The summed E-state index contributed by atoms with van der Waals surface area (Å²) in [6.45, 7) is 4.92. The second-order valence-corrected chi connectivity index (χ2v) is 6.24. The van der Waals surface area contributed by atoms with E-state index in [1.165, 1.54) is 25.0 Å². The molecule has 0 amide bonds. The van der Waals surface area contributed by atoms with E-state index in [0.717, 1.165) is 39.3 Å². The molecule has 0 radical (unpaired) electrons.